The van der Waals surface area contributed by atoms with Gasteiger partial charge in [-0.2, -0.15) is 0 Å². The van der Waals surface area contributed by atoms with E-state index in [0.29, 0.717) is 35.9 Å². The molecule has 0 amide bonds. The molecule has 108 valence electrons. The van der Waals surface area contributed by atoms with Gasteiger partial charge in [0.25, 0.3) is 0 Å². The average Bonchev–Trinajstić information content (AvgIpc) is 2.39. The maximum atomic E-state index is 12.1. The molecule has 1 aromatic carbocycles. The first kappa shape index (κ1) is 15.0. The first-order chi connectivity index (χ1) is 9.47. The number of allylic oxidation sites excluding steroid dienone is 1. The molecule has 1 saturated carbocycles. The average molecular weight is 292 g/mol. The minimum Gasteiger partial charge on any atom is -0.300 e. The van der Waals surface area contributed by atoms with E-state index in [0.717, 1.165) is 18.4 Å². The van der Waals surface area contributed by atoms with Crippen molar-refractivity contribution >= 4 is 15.6 Å². The van der Waals surface area contributed by atoms with E-state index in [9.17, 15) is 13.2 Å². The Bertz CT molecular complexity index is 597. The van der Waals surface area contributed by atoms with E-state index in [1.54, 1.807) is 30.3 Å². The van der Waals surface area contributed by atoms with Crippen molar-refractivity contribution in [1.82, 2.24) is 0 Å². The molecule has 1 unspecified atom stereocenters. The maximum absolute atomic E-state index is 12.1. The van der Waals surface area contributed by atoms with Gasteiger partial charge in [0.2, 0.25) is 0 Å². The first-order valence-corrected chi connectivity index (χ1v) is 8.52. The fourth-order valence-electron chi connectivity index (χ4n) is 2.50. The molecule has 3 nitrogen and oxygen atoms in total. The van der Waals surface area contributed by atoms with Crippen LogP contribution in [-0.4, -0.2) is 14.2 Å². The van der Waals surface area contributed by atoms with Gasteiger partial charge in [-0.3, -0.25) is 4.79 Å². The number of hydrogen-bond donors (Lipinski definition) is 0. The van der Waals surface area contributed by atoms with Crippen LogP contribution >= 0.6 is 0 Å². The number of ketones is 1. The molecule has 0 bridgehead atoms. The van der Waals surface area contributed by atoms with Crippen molar-refractivity contribution in [3.63, 3.8) is 0 Å². The highest BCUT2D eigenvalue weighted by molar-refractivity contribution is 7.94. The molecule has 1 aliphatic carbocycles. The van der Waals surface area contributed by atoms with Crippen LogP contribution in [0.1, 0.15) is 37.7 Å². The number of rotatable bonds is 4. The monoisotopic (exact) mass is 292 g/mol. The summed E-state index contributed by atoms with van der Waals surface area (Å²) in [5, 5.41) is 1.27. The smallest absolute Gasteiger partial charge is 0.199 e. The summed E-state index contributed by atoms with van der Waals surface area (Å²) >= 11 is 0. The summed E-state index contributed by atoms with van der Waals surface area (Å²) in [5.74, 6) is 0.608. The van der Waals surface area contributed by atoms with E-state index < -0.39 is 9.84 Å². The van der Waals surface area contributed by atoms with E-state index in [1.807, 2.05) is 6.92 Å². The molecule has 0 aliphatic heterocycles. The summed E-state index contributed by atoms with van der Waals surface area (Å²) < 4.78 is 24.2. The lowest BCUT2D eigenvalue weighted by Gasteiger charge is -2.18. The van der Waals surface area contributed by atoms with Gasteiger partial charge in [0.05, 0.1) is 4.90 Å². The van der Waals surface area contributed by atoms with Gasteiger partial charge in [-0.1, -0.05) is 23.8 Å². The molecule has 1 fully saturated rings. The Morgan fingerprint density at radius 1 is 1.25 bits per heavy atom. The molecule has 0 N–H and O–H groups in total. The van der Waals surface area contributed by atoms with Crippen molar-refractivity contribution in [3.8, 4) is 0 Å². The molecule has 1 atom stereocenters. The molecular weight excluding hydrogens is 272 g/mol. The van der Waals surface area contributed by atoms with Crippen LogP contribution < -0.4 is 0 Å². The van der Waals surface area contributed by atoms with Crippen LogP contribution in [0.25, 0.3) is 0 Å². The zero-order chi connectivity index (χ0) is 14.6. The standard InChI is InChI=1S/C16H20O3S/c1-13-7-9-16(10-8-13)20(18,19)11-3-5-14-4-2-6-15(17)12-14/h3,7-11,14H,2,4-6,12H2,1H3/b11-3+. The third-order valence-corrected chi connectivity index (χ3v) is 5.16. The van der Waals surface area contributed by atoms with Crippen molar-refractivity contribution in [1.29, 1.82) is 0 Å². The van der Waals surface area contributed by atoms with Crippen molar-refractivity contribution in [3.05, 3.63) is 41.3 Å². The van der Waals surface area contributed by atoms with Crippen LogP contribution in [-0.2, 0) is 14.6 Å². The molecule has 20 heavy (non-hydrogen) atoms. The summed E-state index contributed by atoms with van der Waals surface area (Å²) in [7, 11) is -3.36. The van der Waals surface area contributed by atoms with E-state index in [4.69, 9.17) is 0 Å². The lowest BCUT2D eigenvalue weighted by atomic mass is 9.86. The summed E-state index contributed by atoms with van der Waals surface area (Å²) in [4.78, 5) is 11.7. The first-order valence-electron chi connectivity index (χ1n) is 6.97. The van der Waals surface area contributed by atoms with Crippen molar-refractivity contribution in [2.24, 2.45) is 5.92 Å². The normalized spacial score (nSPS) is 20.4. The van der Waals surface area contributed by atoms with Gasteiger partial charge in [0.1, 0.15) is 5.78 Å². The zero-order valence-electron chi connectivity index (χ0n) is 11.7. The molecule has 1 aromatic rings. The van der Waals surface area contributed by atoms with E-state index in [1.165, 1.54) is 5.41 Å². The molecule has 0 saturated heterocycles. The van der Waals surface area contributed by atoms with Gasteiger partial charge in [-0.15, -0.1) is 0 Å². The van der Waals surface area contributed by atoms with Crippen molar-refractivity contribution < 1.29 is 13.2 Å². The Kier molecular flexibility index (Phi) is 4.76. The number of carbonyl (C=O) groups excluding carboxylic acids is 1. The number of benzene rings is 1. The van der Waals surface area contributed by atoms with Gasteiger partial charge < -0.3 is 0 Å². The molecule has 0 radical (unpaired) electrons. The fourth-order valence-corrected chi connectivity index (χ4v) is 3.53. The van der Waals surface area contributed by atoms with Gasteiger partial charge >= 0.3 is 0 Å². The molecule has 4 heteroatoms. The molecule has 2 rings (SSSR count). The number of hydrogen-bond acceptors (Lipinski definition) is 3. The Morgan fingerprint density at radius 2 is 1.95 bits per heavy atom. The minimum atomic E-state index is -3.36. The van der Waals surface area contributed by atoms with Crippen LogP contribution in [0.4, 0.5) is 0 Å². The van der Waals surface area contributed by atoms with Gasteiger partial charge in [0, 0.05) is 18.2 Å². The topological polar surface area (TPSA) is 51.2 Å². The second kappa shape index (κ2) is 6.35. The molecule has 0 spiro atoms. The van der Waals surface area contributed by atoms with Gasteiger partial charge in [-0.05, 0) is 44.2 Å². The van der Waals surface area contributed by atoms with Gasteiger partial charge in [-0.25, -0.2) is 8.42 Å². The lowest BCUT2D eigenvalue weighted by Crippen LogP contribution is -2.14. The third kappa shape index (κ3) is 4.04. The minimum absolute atomic E-state index is 0.302. The maximum Gasteiger partial charge on any atom is 0.199 e. The second-order valence-electron chi connectivity index (χ2n) is 5.47. The predicted octanol–water partition coefficient (Wildman–Crippen LogP) is 3.43. The van der Waals surface area contributed by atoms with Crippen LogP contribution in [0.3, 0.4) is 0 Å². The van der Waals surface area contributed by atoms with E-state index in [2.05, 4.69) is 0 Å². The zero-order valence-corrected chi connectivity index (χ0v) is 12.5. The summed E-state index contributed by atoms with van der Waals surface area (Å²) in [5.41, 5.74) is 1.04. The van der Waals surface area contributed by atoms with Crippen LogP contribution in [0.15, 0.2) is 40.6 Å². The highest BCUT2D eigenvalue weighted by atomic mass is 32.2. The molecule has 1 aliphatic rings. The van der Waals surface area contributed by atoms with Crippen LogP contribution in [0, 0.1) is 12.8 Å². The quantitative estimate of drug-likeness (QED) is 0.854. The summed E-state index contributed by atoms with van der Waals surface area (Å²) in [6.07, 6.45) is 5.58. The molecular formula is C16H20O3S. The second-order valence-corrected chi connectivity index (χ2v) is 7.30. The predicted molar refractivity (Wildman–Crippen MR) is 79.1 cm³/mol. The summed E-state index contributed by atoms with van der Waals surface area (Å²) in [6, 6.07) is 6.83. The Labute approximate surface area is 120 Å². The Morgan fingerprint density at radius 3 is 2.60 bits per heavy atom. The Balaban J connectivity index is 1.99. The van der Waals surface area contributed by atoms with E-state index >= 15 is 0 Å². The molecule has 0 aromatic heterocycles. The fraction of sp³-hybridized carbons (Fsp3) is 0.438. The van der Waals surface area contributed by atoms with Crippen molar-refractivity contribution in [2.75, 3.05) is 0 Å². The SMILES string of the molecule is Cc1ccc(S(=O)(=O)/C=C/CC2CCCC(=O)C2)cc1. The number of aryl methyl sites for hydroxylation is 1. The summed E-state index contributed by atoms with van der Waals surface area (Å²) in [6.45, 7) is 1.92. The largest absolute Gasteiger partial charge is 0.300 e. The number of sulfone groups is 1. The van der Waals surface area contributed by atoms with Crippen molar-refractivity contribution in [2.45, 2.75) is 43.9 Å². The number of Topliss-reactive ketones (excluding diaryl/α,β-unsaturated/α-hetero) is 1. The lowest BCUT2D eigenvalue weighted by molar-refractivity contribution is -0.121. The highest BCUT2D eigenvalue weighted by Crippen LogP contribution is 2.25. The van der Waals surface area contributed by atoms with Crippen LogP contribution in [0.5, 0.6) is 0 Å². The highest BCUT2D eigenvalue weighted by Gasteiger charge is 2.18. The van der Waals surface area contributed by atoms with Crippen LogP contribution in [0.2, 0.25) is 0 Å². The Hall–Kier alpha value is -1.42. The third-order valence-electron chi connectivity index (χ3n) is 3.68. The number of carbonyl (C=O) groups is 1. The molecule has 0 heterocycles. The van der Waals surface area contributed by atoms with Gasteiger partial charge in [0.15, 0.2) is 9.84 Å². The van der Waals surface area contributed by atoms with E-state index in [-0.39, 0.29) is 0 Å².